The minimum atomic E-state index is -0.596. The zero-order chi connectivity index (χ0) is 20.5. The molecular formula is C22H27NO5. The summed E-state index contributed by atoms with van der Waals surface area (Å²) >= 11 is 0. The fourth-order valence-corrected chi connectivity index (χ4v) is 2.71. The second-order valence-electron chi connectivity index (χ2n) is 6.74. The van der Waals surface area contributed by atoms with E-state index in [9.17, 15) is 9.59 Å². The van der Waals surface area contributed by atoms with Crippen LogP contribution in [0.4, 0.5) is 0 Å². The molecule has 0 saturated carbocycles. The van der Waals surface area contributed by atoms with Crippen molar-refractivity contribution in [2.75, 3.05) is 26.4 Å². The Bertz CT molecular complexity index is 811. The third kappa shape index (κ3) is 7.31. The van der Waals surface area contributed by atoms with E-state index < -0.39 is 5.97 Å². The average Bonchev–Trinajstić information content (AvgIpc) is 2.62. The van der Waals surface area contributed by atoms with Crippen molar-refractivity contribution in [1.29, 1.82) is 0 Å². The molecule has 1 amide bonds. The van der Waals surface area contributed by atoms with E-state index >= 15 is 0 Å². The van der Waals surface area contributed by atoms with Crippen molar-refractivity contribution in [3.63, 3.8) is 0 Å². The first-order valence-corrected chi connectivity index (χ1v) is 9.17. The molecule has 6 nitrogen and oxygen atoms in total. The molecule has 0 bridgehead atoms. The summed E-state index contributed by atoms with van der Waals surface area (Å²) in [7, 11) is 0. The number of aryl methyl sites for hydroxylation is 4. The van der Waals surface area contributed by atoms with E-state index in [1.165, 1.54) is 5.56 Å². The molecule has 0 heterocycles. The third-order valence-corrected chi connectivity index (χ3v) is 3.93. The molecule has 0 radical (unpaired) electrons. The number of rotatable bonds is 9. The van der Waals surface area contributed by atoms with Crippen LogP contribution in [0.1, 0.15) is 22.3 Å². The molecule has 1 N–H and O–H groups in total. The van der Waals surface area contributed by atoms with Crippen LogP contribution in [0, 0.1) is 27.7 Å². The van der Waals surface area contributed by atoms with Gasteiger partial charge in [-0.3, -0.25) is 4.79 Å². The van der Waals surface area contributed by atoms with Gasteiger partial charge in [0.15, 0.2) is 13.2 Å². The molecule has 2 rings (SSSR count). The summed E-state index contributed by atoms with van der Waals surface area (Å²) in [6.07, 6.45) is 0. The van der Waals surface area contributed by atoms with E-state index in [1.54, 1.807) is 0 Å². The standard InChI is InChI=1S/C22H27NO5/c1-15-5-6-20(18(4)10-15)26-8-7-23-21(24)13-28-22(25)14-27-19-11-16(2)9-17(3)12-19/h5-6,9-12H,7-8,13-14H2,1-4H3,(H,23,24). The molecule has 6 heteroatoms. The quantitative estimate of drug-likeness (QED) is 0.531. The summed E-state index contributed by atoms with van der Waals surface area (Å²) in [6.45, 7) is 7.96. The van der Waals surface area contributed by atoms with Gasteiger partial charge in [0, 0.05) is 0 Å². The smallest absolute Gasteiger partial charge is 0.344 e. The second kappa shape index (κ2) is 10.3. The van der Waals surface area contributed by atoms with Gasteiger partial charge < -0.3 is 19.5 Å². The van der Waals surface area contributed by atoms with Crippen LogP contribution in [0.3, 0.4) is 0 Å². The number of esters is 1. The van der Waals surface area contributed by atoms with E-state index in [0.29, 0.717) is 18.9 Å². The Labute approximate surface area is 165 Å². The number of carbonyl (C=O) groups is 2. The molecule has 0 unspecified atom stereocenters. The van der Waals surface area contributed by atoms with Gasteiger partial charge in [0.25, 0.3) is 5.91 Å². The lowest BCUT2D eigenvalue weighted by Crippen LogP contribution is -2.32. The third-order valence-electron chi connectivity index (χ3n) is 3.93. The first-order valence-electron chi connectivity index (χ1n) is 9.17. The van der Waals surface area contributed by atoms with E-state index in [0.717, 1.165) is 22.4 Å². The number of ether oxygens (including phenoxy) is 3. The fourth-order valence-electron chi connectivity index (χ4n) is 2.71. The van der Waals surface area contributed by atoms with Crippen molar-refractivity contribution in [3.8, 4) is 11.5 Å². The van der Waals surface area contributed by atoms with Crippen LogP contribution in [-0.4, -0.2) is 38.2 Å². The molecule has 2 aromatic rings. The number of hydrogen-bond donors (Lipinski definition) is 1. The Balaban J connectivity index is 1.61. The highest BCUT2D eigenvalue weighted by Gasteiger charge is 2.09. The molecule has 0 aromatic heterocycles. The Morgan fingerprint density at radius 1 is 0.857 bits per heavy atom. The van der Waals surface area contributed by atoms with Gasteiger partial charge in [0.1, 0.15) is 18.1 Å². The minimum Gasteiger partial charge on any atom is -0.491 e. The van der Waals surface area contributed by atoms with E-state index in [-0.39, 0.29) is 19.1 Å². The fraction of sp³-hybridized carbons (Fsp3) is 0.364. The van der Waals surface area contributed by atoms with Crippen molar-refractivity contribution in [1.82, 2.24) is 5.32 Å². The Hall–Kier alpha value is -3.02. The van der Waals surface area contributed by atoms with Gasteiger partial charge in [-0.25, -0.2) is 4.79 Å². The van der Waals surface area contributed by atoms with Crippen LogP contribution in [0.5, 0.6) is 11.5 Å². The molecule has 2 aromatic carbocycles. The summed E-state index contributed by atoms with van der Waals surface area (Å²) in [4.78, 5) is 23.5. The Kier molecular flexibility index (Phi) is 7.87. The predicted molar refractivity (Wildman–Crippen MR) is 107 cm³/mol. The highest BCUT2D eigenvalue weighted by Crippen LogP contribution is 2.18. The molecular weight excluding hydrogens is 358 g/mol. The van der Waals surface area contributed by atoms with Crippen LogP contribution in [0.15, 0.2) is 36.4 Å². The van der Waals surface area contributed by atoms with Crippen molar-refractivity contribution in [2.24, 2.45) is 0 Å². The number of amides is 1. The molecule has 0 fully saturated rings. The zero-order valence-electron chi connectivity index (χ0n) is 16.8. The van der Waals surface area contributed by atoms with E-state index in [1.807, 2.05) is 64.1 Å². The molecule has 0 aliphatic heterocycles. The first-order chi connectivity index (χ1) is 13.3. The monoisotopic (exact) mass is 385 g/mol. The SMILES string of the molecule is Cc1cc(C)cc(OCC(=O)OCC(=O)NCCOc2ccc(C)cc2C)c1. The van der Waals surface area contributed by atoms with Crippen LogP contribution < -0.4 is 14.8 Å². The lowest BCUT2D eigenvalue weighted by Gasteiger charge is -2.11. The molecule has 0 aliphatic rings. The highest BCUT2D eigenvalue weighted by atomic mass is 16.6. The Morgan fingerprint density at radius 2 is 1.57 bits per heavy atom. The van der Waals surface area contributed by atoms with Gasteiger partial charge in [-0.05, 0) is 62.6 Å². The number of nitrogens with one attached hydrogen (secondary N) is 1. The van der Waals surface area contributed by atoms with Crippen molar-refractivity contribution in [2.45, 2.75) is 27.7 Å². The van der Waals surface area contributed by atoms with E-state index in [2.05, 4.69) is 5.32 Å². The summed E-state index contributed by atoms with van der Waals surface area (Å²) < 4.78 is 16.0. The van der Waals surface area contributed by atoms with Gasteiger partial charge in [-0.15, -0.1) is 0 Å². The highest BCUT2D eigenvalue weighted by molar-refractivity contribution is 5.80. The number of hydrogen-bond acceptors (Lipinski definition) is 5. The molecule has 0 aliphatic carbocycles. The van der Waals surface area contributed by atoms with Gasteiger partial charge >= 0.3 is 5.97 Å². The van der Waals surface area contributed by atoms with Crippen LogP contribution in [0.25, 0.3) is 0 Å². The summed E-state index contributed by atoms with van der Waals surface area (Å²) in [5.74, 6) is 0.405. The largest absolute Gasteiger partial charge is 0.491 e. The topological polar surface area (TPSA) is 73.9 Å². The van der Waals surface area contributed by atoms with Crippen molar-refractivity contribution < 1.29 is 23.8 Å². The predicted octanol–water partition coefficient (Wildman–Crippen LogP) is 3.04. The minimum absolute atomic E-state index is 0.244. The maximum absolute atomic E-state index is 11.7. The molecule has 0 saturated heterocycles. The Morgan fingerprint density at radius 3 is 2.25 bits per heavy atom. The van der Waals surface area contributed by atoms with Gasteiger partial charge in [-0.2, -0.15) is 0 Å². The maximum Gasteiger partial charge on any atom is 0.344 e. The summed E-state index contributed by atoms with van der Waals surface area (Å²) in [5.41, 5.74) is 4.31. The number of carbonyl (C=O) groups excluding carboxylic acids is 2. The average molecular weight is 385 g/mol. The maximum atomic E-state index is 11.7. The lowest BCUT2D eigenvalue weighted by atomic mass is 10.1. The first kappa shape index (κ1) is 21.3. The normalized spacial score (nSPS) is 10.3. The number of benzene rings is 2. The van der Waals surface area contributed by atoms with Gasteiger partial charge in [0.05, 0.1) is 6.54 Å². The molecule has 150 valence electrons. The van der Waals surface area contributed by atoms with Crippen LogP contribution in [0.2, 0.25) is 0 Å². The lowest BCUT2D eigenvalue weighted by molar-refractivity contribution is -0.150. The van der Waals surface area contributed by atoms with Gasteiger partial charge in [-0.1, -0.05) is 23.8 Å². The molecule has 28 heavy (non-hydrogen) atoms. The summed E-state index contributed by atoms with van der Waals surface area (Å²) in [5, 5.41) is 2.65. The van der Waals surface area contributed by atoms with Crippen molar-refractivity contribution in [3.05, 3.63) is 58.7 Å². The van der Waals surface area contributed by atoms with Crippen LogP contribution in [-0.2, 0) is 14.3 Å². The molecule has 0 spiro atoms. The zero-order valence-corrected chi connectivity index (χ0v) is 16.8. The van der Waals surface area contributed by atoms with E-state index in [4.69, 9.17) is 14.2 Å². The van der Waals surface area contributed by atoms with Crippen LogP contribution >= 0.6 is 0 Å². The van der Waals surface area contributed by atoms with Crippen molar-refractivity contribution >= 4 is 11.9 Å². The summed E-state index contributed by atoms with van der Waals surface area (Å²) in [6, 6.07) is 11.6. The molecule has 0 atom stereocenters. The van der Waals surface area contributed by atoms with Gasteiger partial charge in [0.2, 0.25) is 0 Å². The second-order valence-corrected chi connectivity index (χ2v) is 6.74.